The molecule has 166 valence electrons. The van der Waals surface area contributed by atoms with E-state index < -0.39 is 0 Å². The van der Waals surface area contributed by atoms with Crippen LogP contribution in [0.25, 0.3) is 32.9 Å². The number of benzene rings is 4. The van der Waals surface area contributed by atoms with Crippen molar-refractivity contribution in [2.75, 3.05) is 5.32 Å². The van der Waals surface area contributed by atoms with Gasteiger partial charge in [0.2, 0.25) is 0 Å². The highest BCUT2D eigenvalue weighted by Crippen LogP contribution is 2.40. The van der Waals surface area contributed by atoms with E-state index in [9.17, 15) is 0 Å². The molecule has 0 atom stereocenters. The highest BCUT2D eigenvalue weighted by molar-refractivity contribution is 7.20. The van der Waals surface area contributed by atoms with Crippen LogP contribution in [-0.2, 0) is 0 Å². The van der Waals surface area contributed by atoms with E-state index >= 15 is 0 Å². The van der Waals surface area contributed by atoms with Crippen molar-refractivity contribution in [1.82, 2.24) is 0 Å². The molecular weight excluding hydrogens is 430 g/mol. The lowest BCUT2D eigenvalue weighted by Gasteiger charge is -2.15. The number of thiophene rings is 1. The van der Waals surface area contributed by atoms with Crippen LogP contribution in [0.3, 0.4) is 0 Å². The van der Waals surface area contributed by atoms with Crippen LogP contribution in [0.5, 0.6) is 0 Å². The molecule has 0 aliphatic carbocycles. The van der Waals surface area contributed by atoms with E-state index in [2.05, 4.69) is 135 Å². The maximum Gasteiger partial charge on any atom is 0.0464 e. The van der Waals surface area contributed by atoms with Gasteiger partial charge < -0.3 is 5.32 Å². The quantitative estimate of drug-likeness (QED) is 0.267. The van der Waals surface area contributed by atoms with Crippen LogP contribution in [0.1, 0.15) is 28.5 Å². The van der Waals surface area contributed by atoms with Gasteiger partial charge >= 0.3 is 0 Å². The molecule has 5 rings (SSSR count). The Morgan fingerprint density at radius 3 is 2.18 bits per heavy atom. The largest absolute Gasteiger partial charge is 0.355 e. The third-order valence-electron chi connectivity index (χ3n) is 6.04. The van der Waals surface area contributed by atoms with Crippen LogP contribution in [0.4, 0.5) is 11.4 Å². The molecule has 0 radical (unpaired) electrons. The van der Waals surface area contributed by atoms with Gasteiger partial charge in [0.15, 0.2) is 0 Å². The minimum absolute atomic E-state index is 1.04. The fraction of sp³-hybridized carbons (Fsp3) is 0.0625. The van der Waals surface area contributed by atoms with Crippen molar-refractivity contribution in [1.29, 1.82) is 0 Å². The van der Waals surface area contributed by atoms with E-state index in [1.165, 1.54) is 37.2 Å². The molecule has 0 unspecified atom stereocenters. The van der Waals surface area contributed by atoms with Gasteiger partial charge in [-0.05, 0) is 54.8 Å². The van der Waals surface area contributed by atoms with Crippen molar-refractivity contribution in [3.63, 3.8) is 0 Å². The molecular formula is C32H27NS. The number of para-hydroxylation sites is 1. The second-order valence-corrected chi connectivity index (χ2v) is 9.49. The van der Waals surface area contributed by atoms with Crippen molar-refractivity contribution in [2.45, 2.75) is 13.8 Å². The first kappa shape index (κ1) is 21.9. The number of anilines is 2. The van der Waals surface area contributed by atoms with Crippen molar-refractivity contribution in [3.05, 3.63) is 131 Å². The number of aryl methyl sites for hydroxylation is 1. The Hall–Kier alpha value is -3.88. The van der Waals surface area contributed by atoms with Crippen LogP contribution in [0.15, 0.2) is 110 Å². The summed E-state index contributed by atoms with van der Waals surface area (Å²) in [6.45, 7) is 8.71. The first-order valence-electron chi connectivity index (χ1n) is 11.5. The molecule has 2 heteroatoms. The van der Waals surface area contributed by atoms with Crippen molar-refractivity contribution in [3.8, 4) is 11.1 Å². The Balaban J connectivity index is 1.47. The molecule has 1 heterocycles. The summed E-state index contributed by atoms with van der Waals surface area (Å²) in [4.78, 5) is 1.21. The molecule has 1 nitrogen and oxygen atoms in total. The molecule has 0 fully saturated rings. The van der Waals surface area contributed by atoms with E-state index in [1.807, 2.05) is 0 Å². The minimum Gasteiger partial charge on any atom is -0.355 e. The lowest BCUT2D eigenvalue weighted by molar-refractivity contribution is 1.46. The maximum atomic E-state index is 4.53. The molecule has 1 aromatic heterocycles. The minimum atomic E-state index is 1.04. The zero-order chi connectivity index (χ0) is 23.5. The Bertz CT molecular complexity index is 1480. The van der Waals surface area contributed by atoms with E-state index in [0.29, 0.717) is 0 Å². The summed E-state index contributed by atoms with van der Waals surface area (Å²) >= 11 is 1.80. The van der Waals surface area contributed by atoms with E-state index in [-0.39, 0.29) is 0 Å². The predicted molar refractivity (Wildman–Crippen MR) is 151 cm³/mol. The molecule has 34 heavy (non-hydrogen) atoms. The second kappa shape index (κ2) is 9.54. The zero-order valence-corrected chi connectivity index (χ0v) is 20.3. The fourth-order valence-electron chi connectivity index (χ4n) is 4.25. The molecule has 0 saturated carbocycles. The predicted octanol–water partition coefficient (Wildman–Crippen LogP) is 9.71. The van der Waals surface area contributed by atoms with Gasteiger partial charge in [-0.1, -0.05) is 97.1 Å². The third kappa shape index (κ3) is 4.33. The standard InChI is InChI=1S/C32H27NS/c1-4-9-29-28-11-6-8-13-31(28)34-32(29)23(3)27-10-5-7-12-30(27)33-26-20-18-25(19-21-26)24-16-14-22(2)15-17-24/h4-21,33H,3H2,1-2H3/b9-4-. The summed E-state index contributed by atoms with van der Waals surface area (Å²) < 4.78 is 1.28. The molecule has 0 aliphatic heterocycles. The number of hydrogen-bond acceptors (Lipinski definition) is 2. The van der Waals surface area contributed by atoms with E-state index in [4.69, 9.17) is 0 Å². The Morgan fingerprint density at radius 1 is 0.794 bits per heavy atom. The molecule has 4 aromatic carbocycles. The van der Waals surface area contributed by atoms with Gasteiger partial charge in [0.25, 0.3) is 0 Å². The molecule has 1 N–H and O–H groups in total. The Morgan fingerprint density at radius 2 is 1.44 bits per heavy atom. The number of allylic oxidation sites excluding steroid dienone is 1. The Kier molecular flexibility index (Phi) is 6.16. The highest BCUT2D eigenvalue weighted by atomic mass is 32.1. The zero-order valence-electron chi connectivity index (χ0n) is 19.5. The lowest BCUT2D eigenvalue weighted by atomic mass is 9.99. The van der Waals surface area contributed by atoms with Crippen molar-refractivity contribution in [2.24, 2.45) is 0 Å². The van der Waals surface area contributed by atoms with Crippen LogP contribution in [-0.4, -0.2) is 0 Å². The normalized spacial score (nSPS) is 11.2. The van der Waals surface area contributed by atoms with Crippen molar-refractivity contribution >= 4 is 44.4 Å². The molecule has 0 amide bonds. The number of nitrogens with one attached hydrogen (secondary N) is 1. The van der Waals surface area contributed by atoms with Gasteiger partial charge in [-0.15, -0.1) is 11.3 Å². The number of fused-ring (bicyclic) bond motifs is 1. The van der Waals surface area contributed by atoms with Gasteiger partial charge in [-0.2, -0.15) is 0 Å². The van der Waals surface area contributed by atoms with Crippen LogP contribution < -0.4 is 5.32 Å². The third-order valence-corrected chi connectivity index (χ3v) is 7.29. The highest BCUT2D eigenvalue weighted by Gasteiger charge is 2.16. The lowest BCUT2D eigenvalue weighted by Crippen LogP contribution is -1.96. The molecule has 0 spiro atoms. The molecule has 0 saturated heterocycles. The van der Waals surface area contributed by atoms with Gasteiger partial charge in [-0.3, -0.25) is 0 Å². The Labute approximate surface area is 205 Å². The summed E-state index contributed by atoms with van der Waals surface area (Å²) in [6, 6.07) is 34.2. The van der Waals surface area contributed by atoms with Crippen molar-refractivity contribution < 1.29 is 0 Å². The summed E-state index contributed by atoms with van der Waals surface area (Å²) in [5.41, 5.74) is 9.22. The second-order valence-electron chi connectivity index (χ2n) is 8.43. The number of rotatable bonds is 6. The first-order valence-corrected chi connectivity index (χ1v) is 12.3. The van der Waals surface area contributed by atoms with Gasteiger partial charge in [0.1, 0.15) is 0 Å². The molecule has 5 aromatic rings. The number of hydrogen-bond donors (Lipinski definition) is 1. The average Bonchev–Trinajstić information content (AvgIpc) is 3.24. The summed E-state index contributed by atoms with van der Waals surface area (Å²) in [5, 5.41) is 4.90. The summed E-state index contributed by atoms with van der Waals surface area (Å²) in [6.07, 6.45) is 4.30. The van der Waals surface area contributed by atoms with E-state index in [0.717, 1.165) is 22.5 Å². The smallest absolute Gasteiger partial charge is 0.0464 e. The monoisotopic (exact) mass is 457 g/mol. The SMILES string of the molecule is C=C(c1ccccc1Nc1ccc(-c2ccc(C)cc2)cc1)c1sc2ccccc2c1/C=C\C. The summed E-state index contributed by atoms with van der Waals surface area (Å²) in [7, 11) is 0. The van der Waals surface area contributed by atoms with Gasteiger partial charge in [0.05, 0.1) is 0 Å². The van der Waals surface area contributed by atoms with Crippen LogP contribution >= 0.6 is 11.3 Å². The summed E-state index contributed by atoms with van der Waals surface area (Å²) in [5.74, 6) is 0. The molecule has 0 bridgehead atoms. The topological polar surface area (TPSA) is 12.0 Å². The molecule has 0 aliphatic rings. The fourth-order valence-corrected chi connectivity index (χ4v) is 5.42. The van der Waals surface area contributed by atoms with E-state index in [1.54, 1.807) is 11.3 Å². The average molecular weight is 458 g/mol. The maximum absolute atomic E-state index is 4.53. The van der Waals surface area contributed by atoms with Gasteiger partial charge in [0, 0.05) is 37.5 Å². The van der Waals surface area contributed by atoms with Gasteiger partial charge in [-0.25, -0.2) is 0 Å². The van der Waals surface area contributed by atoms with Crippen LogP contribution in [0, 0.1) is 6.92 Å². The first-order chi connectivity index (χ1) is 16.6. The van der Waals surface area contributed by atoms with Crippen LogP contribution in [0.2, 0.25) is 0 Å².